The molecule has 4 nitrogen and oxygen atoms in total. The summed E-state index contributed by atoms with van der Waals surface area (Å²) in [6.45, 7) is 2.48. The molecule has 19 heavy (non-hydrogen) atoms. The lowest BCUT2D eigenvalue weighted by Crippen LogP contribution is -2.32. The van der Waals surface area contributed by atoms with E-state index in [4.69, 9.17) is 16.3 Å². The minimum atomic E-state index is -0.116. The van der Waals surface area contributed by atoms with Crippen LogP contribution in [0.15, 0.2) is 35.9 Å². The number of nitrogens with one attached hydrogen (secondary N) is 2. The molecule has 0 aliphatic carbocycles. The Morgan fingerprint density at radius 3 is 2.84 bits per heavy atom. The number of carbonyl (C=O) groups excluding carboxylic acids is 1. The summed E-state index contributed by atoms with van der Waals surface area (Å²) in [6.07, 6.45) is 3.10. The summed E-state index contributed by atoms with van der Waals surface area (Å²) in [4.78, 5) is 11.6. The number of carbonyl (C=O) groups is 1. The topological polar surface area (TPSA) is 50.4 Å². The van der Waals surface area contributed by atoms with Crippen molar-refractivity contribution in [3.63, 3.8) is 0 Å². The summed E-state index contributed by atoms with van der Waals surface area (Å²) in [7, 11) is 0. The maximum atomic E-state index is 11.6. The van der Waals surface area contributed by atoms with Gasteiger partial charge < -0.3 is 15.4 Å². The van der Waals surface area contributed by atoms with E-state index in [1.807, 2.05) is 0 Å². The summed E-state index contributed by atoms with van der Waals surface area (Å²) in [5, 5.41) is 6.72. The van der Waals surface area contributed by atoms with Crippen molar-refractivity contribution in [2.75, 3.05) is 26.2 Å². The molecule has 2 N–H and O–H groups in total. The molecule has 0 fully saturated rings. The first kappa shape index (κ1) is 13.9. The minimum absolute atomic E-state index is 0.0210. The van der Waals surface area contributed by atoms with E-state index in [2.05, 4.69) is 16.7 Å². The summed E-state index contributed by atoms with van der Waals surface area (Å²) in [6, 6.07) is 6.94. The van der Waals surface area contributed by atoms with Crippen molar-refractivity contribution in [2.45, 2.75) is 6.42 Å². The number of amides is 1. The van der Waals surface area contributed by atoms with Crippen LogP contribution in [-0.4, -0.2) is 32.1 Å². The van der Waals surface area contributed by atoms with Gasteiger partial charge >= 0.3 is 0 Å². The van der Waals surface area contributed by atoms with Gasteiger partial charge in [0.15, 0.2) is 6.61 Å². The Kier molecular flexibility index (Phi) is 5.24. The van der Waals surface area contributed by atoms with Gasteiger partial charge in [-0.05, 0) is 37.2 Å². The number of benzene rings is 1. The zero-order valence-electron chi connectivity index (χ0n) is 10.6. The third kappa shape index (κ3) is 4.93. The molecule has 1 amide bonds. The summed E-state index contributed by atoms with van der Waals surface area (Å²) >= 11 is 5.76. The van der Waals surface area contributed by atoms with Crippen LogP contribution in [0.1, 0.15) is 6.42 Å². The maximum absolute atomic E-state index is 11.6. The quantitative estimate of drug-likeness (QED) is 0.808. The number of hydrogen-bond donors (Lipinski definition) is 2. The Balaban J connectivity index is 1.69. The van der Waals surface area contributed by atoms with E-state index in [1.54, 1.807) is 24.3 Å². The van der Waals surface area contributed by atoms with E-state index in [1.165, 1.54) is 5.57 Å². The van der Waals surface area contributed by atoms with E-state index in [0.29, 0.717) is 17.3 Å². The molecule has 2 rings (SSSR count). The molecule has 5 heteroatoms. The molecule has 0 unspecified atom stereocenters. The number of rotatable bonds is 5. The molecule has 0 spiro atoms. The molecule has 1 aliphatic heterocycles. The molecule has 0 saturated carbocycles. The van der Waals surface area contributed by atoms with Crippen molar-refractivity contribution >= 4 is 17.5 Å². The summed E-state index contributed by atoms with van der Waals surface area (Å²) in [5.41, 5.74) is 1.26. The van der Waals surface area contributed by atoms with Gasteiger partial charge in [0.05, 0.1) is 0 Å². The van der Waals surface area contributed by atoms with Gasteiger partial charge in [-0.15, -0.1) is 0 Å². The van der Waals surface area contributed by atoms with Crippen molar-refractivity contribution in [3.8, 4) is 5.75 Å². The normalized spacial score (nSPS) is 14.7. The fourth-order valence-electron chi connectivity index (χ4n) is 1.77. The van der Waals surface area contributed by atoms with Gasteiger partial charge in [-0.25, -0.2) is 0 Å². The molecule has 102 valence electrons. The Bertz CT molecular complexity index is 457. The van der Waals surface area contributed by atoms with E-state index in [-0.39, 0.29) is 12.5 Å². The average molecular weight is 281 g/mol. The lowest BCUT2D eigenvalue weighted by molar-refractivity contribution is -0.122. The second-order valence-electron chi connectivity index (χ2n) is 4.34. The van der Waals surface area contributed by atoms with Gasteiger partial charge in [-0.3, -0.25) is 4.79 Å². The second-order valence-corrected chi connectivity index (χ2v) is 4.77. The molecule has 1 aromatic rings. The Morgan fingerprint density at radius 2 is 2.16 bits per heavy atom. The monoisotopic (exact) mass is 280 g/mol. The van der Waals surface area contributed by atoms with E-state index < -0.39 is 0 Å². The lowest BCUT2D eigenvalue weighted by Gasteiger charge is -2.14. The van der Waals surface area contributed by atoms with E-state index >= 15 is 0 Å². The molecule has 0 saturated heterocycles. The van der Waals surface area contributed by atoms with Crippen LogP contribution in [0.4, 0.5) is 0 Å². The van der Waals surface area contributed by atoms with Crippen molar-refractivity contribution in [1.82, 2.24) is 10.6 Å². The summed E-state index contributed by atoms with van der Waals surface area (Å²) in [5.74, 6) is 0.523. The van der Waals surface area contributed by atoms with Crippen LogP contribution in [-0.2, 0) is 4.79 Å². The van der Waals surface area contributed by atoms with Crippen LogP contribution in [0.5, 0.6) is 5.75 Å². The largest absolute Gasteiger partial charge is 0.484 e. The molecule has 1 aromatic carbocycles. The van der Waals surface area contributed by atoms with Gasteiger partial charge in [0, 0.05) is 18.1 Å². The van der Waals surface area contributed by atoms with E-state index in [9.17, 15) is 4.79 Å². The highest BCUT2D eigenvalue weighted by molar-refractivity contribution is 6.30. The second kappa shape index (κ2) is 7.16. The highest BCUT2D eigenvalue weighted by Gasteiger charge is 2.06. The van der Waals surface area contributed by atoms with Crippen molar-refractivity contribution in [1.29, 1.82) is 0 Å². The first-order valence-electron chi connectivity index (χ1n) is 6.28. The first-order chi connectivity index (χ1) is 9.24. The number of halogens is 1. The zero-order chi connectivity index (χ0) is 13.5. The third-order valence-electron chi connectivity index (χ3n) is 2.85. The van der Waals surface area contributed by atoms with E-state index in [0.717, 1.165) is 19.5 Å². The van der Waals surface area contributed by atoms with Gasteiger partial charge in [-0.1, -0.05) is 23.3 Å². The minimum Gasteiger partial charge on any atom is -0.484 e. The predicted molar refractivity (Wildman–Crippen MR) is 75.5 cm³/mol. The van der Waals surface area contributed by atoms with Gasteiger partial charge in [0.2, 0.25) is 0 Å². The van der Waals surface area contributed by atoms with Crippen LogP contribution in [0, 0.1) is 0 Å². The van der Waals surface area contributed by atoms with Gasteiger partial charge in [0.25, 0.3) is 5.91 Å². The van der Waals surface area contributed by atoms with Crippen LogP contribution >= 0.6 is 11.6 Å². The van der Waals surface area contributed by atoms with Crippen molar-refractivity contribution in [2.24, 2.45) is 0 Å². The smallest absolute Gasteiger partial charge is 0.258 e. The molecule has 0 radical (unpaired) electrons. The fourth-order valence-corrected chi connectivity index (χ4v) is 1.90. The molecule has 1 aliphatic rings. The standard InChI is InChI=1S/C14H17ClN2O2/c15-12-1-3-13(4-2-12)19-10-14(18)17-9-11-5-7-16-8-6-11/h1-5,16H,6-10H2,(H,17,18). The fraction of sp³-hybridized carbons (Fsp3) is 0.357. The van der Waals surface area contributed by atoms with Crippen molar-refractivity contribution < 1.29 is 9.53 Å². The highest BCUT2D eigenvalue weighted by atomic mass is 35.5. The molecule has 0 aromatic heterocycles. The van der Waals surface area contributed by atoms with Crippen LogP contribution in [0.25, 0.3) is 0 Å². The molecule has 0 atom stereocenters. The zero-order valence-corrected chi connectivity index (χ0v) is 11.4. The lowest BCUT2D eigenvalue weighted by atomic mass is 10.1. The Hall–Kier alpha value is -1.52. The summed E-state index contributed by atoms with van der Waals surface area (Å²) < 4.78 is 5.36. The van der Waals surface area contributed by atoms with Crippen LogP contribution in [0.2, 0.25) is 5.02 Å². The van der Waals surface area contributed by atoms with Crippen LogP contribution in [0.3, 0.4) is 0 Å². The molecule has 0 bridgehead atoms. The van der Waals surface area contributed by atoms with Crippen molar-refractivity contribution in [3.05, 3.63) is 40.9 Å². The van der Waals surface area contributed by atoms with Crippen LogP contribution < -0.4 is 15.4 Å². The molecular formula is C14H17ClN2O2. The average Bonchev–Trinajstić information content (AvgIpc) is 2.45. The predicted octanol–water partition coefficient (Wildman–Crippen LogP) is 1.75. The van der Waals surface area contributed by atoms with Gasteiger partial charge in [0.1, 0.15) is 5.75 Å². The highest BCUT2D eigenvalue weighted by Crippen LogP contribution is 2.15. The number of hydrogen-bond acceptors (Lipinski definition) is 3. The SMILES string of the molecule is O=C(COc1ccc(Cl)cc1)NCC1=CCNCC1. The molecular weight excluding hydrogens is 264 g/mol. The maximum Gasteiger partial charge on any atom is 0.258 e. The van der Waals surface area contributed by atoms with Gasteiger partial charge in [-0.2, -0.15) is 0 Å². The Labute approximate surface area is 117 Å². The molecule has 1 heterocycles. The number of ether oxygens (including phenoxy) is 1. The third-order valence-corrected chi connectivity index (χ3v) is 3.11. The first-order valence-corrected chi connectivity index (χ1v) is 6.65. The Morgan fingerprint density at radius 1 is 1.37 bits per heavy atom.